The van der Waals surface area contributed by atoms with Crippen molar-refractivity contribution < 1.29 is 28.2 Å². The quantitative estimate of drug-likeness (QED) is 0.380. The molecule has 0 saturated carbocycles. The molecule has 0 aliphatic heterocycles. The summed E-state index contributed by atoms with van der Waals surface area (Å²) in [5, 5.41) is 0. The zero-order valence-corrected chi connectivity index (χ0v) is 3.16. The third-order valence-electron chi connectivity index (χ3n) is 0. The molecule has 0 spiro atoms. The Morgan fingerprint density at radius 2 is 0.375 bits per heavy atom. The maximum absolute atomic E-state index is 0. The molecule has 0 unspecified atom stereocenters. The van der Waals surface area contributed by atoms with Gasteiger partial charge in [-0.25, -0.2) is 0 Å². The topological polar surface area (TPSA) is 35.0 Å². The molecule has 8 heteroatoms. The summed E-state index contributed by atoms with van der Waals surface area (Å²) in [5.74, 6) is 0. The highest BCUT2D eigenvalue weighted by Crippen LogP contribution is 0.425. The molecule has 0 atom stereocenters. The lowest BCUT2D eigenvalue weighted by molar-refractivity contribution is 1.11. The number of hydrogen-bond donors (Lipinski definition) is 1. The van der Waals surface area contributed by atoms with Crippen molar-refractivity contribution in [3.63, 3.8) is 0 Å². The van der Waals surface area contributed by atoms with Crippen LogP contribution in [-0.2, 0) is 0 Å². The highest BCUT2D eigenvalue weighted by atomic mass is 19.0. The summed E-state index contributed by atoms with van der Waals surface area (Å²) in [6, 6.07) is 0. The van der Waals surface area contributed by atoms with E-state index in [4.69, 9.17) is 0 Å². The van der Waals surface area contributed by atoms with Crippen LogP contribution in [0.2, 0.25) is 0 Å². The molecule has 62 valence electrons. The zero-order chi connectivity index (χ0) is 0. The van der Waals surface area contributed by atoms with Crippen LogP contribution >= 0.6 is 0 Å². The minimum atomic E-state index is 0. The highest BCUT2D eigenvalue weighted by Gasteiger charge is 0.0814. The summed E-state index contributed by atoms with van der Waals surface area (Å²) in [4.78, 5) is 0. The summed E-state index contributed by atoms with van der Waals surface area (Å²) >= 11 is 0. The maximum Gasteiger partial charge on any atom is 0.0814 e. The Hall–Kier alpha value is -0.395. The Kier molecular flexibility index (Phi) is 353000. The van der Waals surface area contributed by atoms with Gasteiger partial charge in [-0.15, -0.1) is 0 Å². The van der Waals surface area contributed by atoms with Crippen molar-refractivity contribution in [1.82, 2.24) is 6.15 Å². The molecule has 0 rings (SSSR count). The predicted octanol–water partition coefficient (Wildman–Crippen LogP) is -0.107. The van der Waals surface area contributed by atoms with E-state index in [2.05, 4.69) is 0 Å². The smallest absolute Gasteiger partial charge is 0.0814 e. The molecule has 1 nitrogen and oxygen atoms in total. The van der Waals surface area contributed by atoms with Gasteiger partial charge >= 0.3 is 0 Å². The molecule has 0 fully saturated rings. The van der Waals surface area contributed by atoms with Crippen molar-refractivity contribution in [2.24, 2.45) is 0 Å². The van der Waals surface area contributed by atoms with E-state index in [-0.39, 0.29) is 42.8 Å². The summed E-state index contributed by atoms with van der Waals surface area (Å²) < 4.78 is 0. The first-order valence-electron chi connectivity index (χ1n) is 0. The molecular formula is H12BF6N. The molecule has 0 heterocycles. The monoisotopic (exact) mass is 151 g/mol. The van der Waals surface area contributed by atoms with E-state index in [1.54, 1.807) is 0 Å². The van der Waals surface area contributed by atoms with Gasteiger partial charge in [-0.05, 0) is 0 Å². The van der Waals surface area contributed by atoms with Crippen molar-refractivity contribution in [2.45, 2.75) is 0 Å². The van der Waals surface area contributed by atoms with Gasteiger partial charge in [-0.3, -0.25) is 28.2 Å². The second-order valence-corrected chi connectivity index (χ2v) is 0. The molecule has 0 saturated heterocycles. The molecule has 0 aromatic carbocycles. The fourth-order valence-corrected chi connectivity index (χ4v) is 0. The molecule has 0 radical (unpaired) electrons. The van der Waals surface area contributed by atoms with Crippen LogP contribution in [0.25, 0.3) is 0 Å². The number of rotatable bonds is 0. The Bertz CT molecular complexity index is 8.49. The van der Waals surface area contributed by atoms with E-state index in [1.807, 2.05) is 0 Å². The SMILES string of the molecule is B.F.F.F.F.F.F.N. The standard InChI is InChI=1S/BH3.6FH.H3N/h1H3;6*1H;1H3. The third-order valence-corrected chi connectivity index (χ3v) is 0. The predicted molar refractivity (Wildman–Crippen MR) is 30.0 cm³/mol. The number of hydrogen-bond acceptors (Lipinski definition) is 1. The summed E-state index contributed by atoms with van der Waals surface area (Å²) in [5.41, 5.74) is 0. The molecule has 0 amide bonds. The second kappa shape index (κ2) is 1330. The Morgan fingerprint density at radius 3 is 0.375 bits per heavy atom. The molecule has 0 aromatic rings. The zero-order valence-electron chi connectivity index (χ0n) is 3.16. The molecule has 8 heavy (non-hydrogen) atoms. The molecule has 0 aliphatic rings. The third kappa shape index (κ3) is 762. The van der Waals surface area contributed by atoms with E-state index in [0.29, 0.717) is 0 Å². The van der Waals surface area contributed by atoms with Gasteiger partial charge in [-0.1, -0.05) is 0 Å². The Morgan fingerprint density at radius 1 is 0.375 bits per heavy atom. The van der Waals surface area contributed by atoms with Crippen molar-refractivity contribution in [1.29, 1.82) is 0 Å². The van der Waals surface area contributed by atoms with E-state index in [9.17, 15) is 0 Å². The fourth-order valence-electron chi connectivity index (χ4n) is 0. The first-order valence-corrected chi connectivity index (χ1v) is 0. The minimum Gasteiger partial charge on any atom is -0.344 e. The van der Waals surface area contributed by atoms with Crippen LogP contribution in [0, 0.1) is 0 Å². The number of halogens is 6. The van der Waals surface area contributed by atoms with E-state index in [1.165, 1.54) is 0 Å². The average molecular weight is 151 g/mol. The van der Waals surface area contributed by atoms with Crippen molar-refractivity contribution in [3.8, 4) is 0 Å². The normalized spacial score (nSPS) is 0. The highest BCUT2D eigenvalue weighted by molar-refractivity contribution is 5.75. The molecule has 0 aliphatic carbocycles. The van der Waals surface area contributed by atoms with Crippen LogP contribution in [0.3, 0.4) is 0 Å². The largest absolute Gasteiger partial charge is 0.344 e. The minimum absolute atomic E-state index is 0. The summed E-state index contributed by atoms with van der Waals surface area (Å²) in [6.07, 6.45) is 0. The first kappa shape index (κ1) is 2130. The Labute approximate surface area is 44.2 Å². The van der Waals surface area contributed by atoms with Crippen LogP contribution in [-0.4, -0.2) is 8.41 Å². The van der Waals surface area contributed by atoms with Gasteiger partial charge in [0.25, 0.3) is 0 Å². The van der Waals surface area contributed by atoms with Gasteiger partial charge in [0.1, 0.15) is 0 Å². The maximum atomic E-state index is 0. The lowest BCUT2D eigenvalue weighted by Crippen LogP contribution is -0.481. The van der Waals surface area contributed by atoms with Gasteiger partial charge in [0.15, 0.2) is 0 Å². The van der Waals surface area contributed by atoms with Gasteiger partial charge in [0.05, 0.1) is 8.41 Å². The van der Waals surface area contributed by atoms with Crippen LogP contribution < -0.4 is 6.15 Å². The van der Waals surface area contributed by atoms with Crippen molar-refractivity contribution in [3.05, 3.63) is 0 Å². The van der Waals surface area contributed by atoms with Crippen molar-refractivity contribution in [2.75, 3.05) is 0 Å². The summed E-state index contributed by atoms with van der Waals surface area (Å²) in [6.45, 7) is 0. The molecular weight excluding hydrogens is 139 g/mol. The van der Waals surface area contributed by atoms with Crippen LogP contribution in [0.1, 0.15) is 0 Å². The molecule has 0 bridgehead atoms. The lowest BCUT2D eigenvalue weighted by atomic mass is 10.8. The molecule has 3 N–H and O–H groups in total. The van der Waals surface area contributed by atoms with Crippen LogP contribution in [0.15, 0.2) is 0 Å². The molecule has 0 aromatic heterocycles. The van der Waals surface area contributed by atoms with Crippen molar-refractivity contribution >= 4 is 8.41 Å². The lowest BCUT2D eigenvalue weighted by Gasteiger charge is -0.344. The van der Waals surface area contributed by atoms with Crippen LogP contribution in [0.4, 0.5) is 28.2 Å². The fraction of sp³-hybridized carbons (Fsp3) is 0. The Balaban J connectivity index is 0. The summed E-state index contributed by atoms with van der Waals surface area (Å²) in [7, 11) is 0. The van der Waals surface area contributed by atoms with Gasteiger partial charge in [0, 0.05) is 0 Å². The van der Waals surface area contributed by atoms with Gasteiger partial charge in [-0.2, -0.15) is 0 Å². The van der Waals surface area contributed by atoms with Gasteiger partial charge < -0.3 is 6.15 Å². The van der Waals surface area contributed by atoms with E-state index in [0.717, 1.165) is 0 Å². The first-order chi connectivity index (χ1) is 0. The van der Waals surface area contributed by atoms with E-state index >= 15 is 0 Å². The van der Waals surface area contributed by atoms with Gasteiger partial charge in [0.2, 0.25) is 0 Å². The van der Waals surface area contributed by atoms with E-state index < -0.39 is 0 Å². The second-order valence-electron chi connectivity index (χ2n) is 0. The average Bonchev–Trinajstić information content (AvgIpc) is 0. The van der Waals surface area contributed by atoms with Crippen LogP contribution in [0.5, 0.6) is 0 Å².